The summed E-state index contributed by atoms with van der Waals surface area (Å²) in [6, 6.07) is 0. The molecule has 0 aliphatic carbocycles. The van der Waals surface area contributed by atoms with Crippen molar-refractivity contribution < 1.29 is 47.8 Å². The predicted octanol–water partition coefficient (Wildman–Crippen LogP) is 10.1. The molecule has 11 heteroatoms. The van der Waals surface area contributed by atoms with Gasteiger partial charge in [0.25, 0.3) is 0 Å². The highest BCUT2D eigenvalue weighted by molar-refractivity contribution is 7.47. The Balaban J connectivity index is 4.09. The van der Waals surface area contributed by atoms with Crippen LogP contribution in [0, 0.1) is 0 Å². The molecule has 0 saturated carbocycles. The van der Waals surface area contributed by atoms with E-state index in [2.05, 4.69) is 68.5 Å². The smallest absolute Gasteiger partial charge is 0.457 e. The Morgan fingerprint density at radius 2 is 0.887 bits per heavy atom. The van der Waals surface area contributed by atoms with Gasteiger partial charge in [-0.3, -0.25) is 18.6 Å². The summed E-state index contributed by atoms with van der Waals surface area (Å²) in [6.07, 6.45) is 41.8. The van der Waals surface area contributed by atoms with Gasteiger partial charge in [-0.15, -0.1) is 0 Å². The van der Waals surface area contributed by atoms with Crippen LogP contribution in [0.5, 0.6) is 0 Å². The van der Waals surface area contributed by atoms with Gasteiger partial charge in [-0.1, -0.05) is 151 Å². The predicted molar refractivity (Wildman–Crippen MR) is 214 cm³/mol. The average Bonchev–Trinajstić information content (AvgIpc) is 3.14. The first-order chi connectivity index (χ1) is 25.8. The minimum absolute atomic E-state index is 0.0642. The van der Waals surface area contributed by atoms with Gasteiger partial charge in [0.1, 0.15) is 12.2 Å². The molecule has 3 unspecified atom stereocenters. The van der Waals surface area contributed by atoms with Crippen LogP contribution in [0.15, 0.2) is 72.9 Å². The monoisotopic (exact) mass is 766 g/mol. The number of hydrogen-bond donors (Lipinski definition) is 3. The molecule has 0 aliphatic heterocycles. The SMILES string of the molecule is CC/C=C\C/C=C\C/C=C\C/C=C\C/C=C\C/C=C\CCC(=O)OC(CO)COP(=O)(O)OCC(CO)OC(=O)CCCCCCCCCCCCC. The van der Waals surface area contributed by atoms with Gasteiger partial charge in [-0.05, 0) is 51.4 Å². The van der Waals surface area contributed by atoms with Crippen LogP contribution < -0.4 is 0 Å². The molecule has 3 N–H and O–H groups in total. The molecule has 0 aromatic rings. The lowest BCUT2D eigenvalue weighted by Crippen LogP contribution is -2.28. The Bertz CT molecular complexity index is 1110. The highest BCUT2D eigenvalue weighted by Gasteiger charge is 2.27. The largest absolute Gasteiger partial charge is 0.472 e. The number of ether oxygens (including phenoxy) is 2. The number of carbonyl (C=O) groups is 2. The van der Waals surface area contributed by atoms with Gasteiger partial charge in [0.2, 0.25) is 0 Å². The molecule has 304 valence electrons. The first-order valence-corrected chi connectivity index (χ1v) is 21.4. The zero-order valence-electron chi connectivity index (χ0n) is 32.7. The van der Waals surface area contributed by atoms with E-state index >= 15 is 0 Å². The third-order valence-corrected chi connectivity index (χ3v) is 8.90. The van der Waals surface area contributed by atoms with E-state index in [1.807, 2.05) is 18.2 Å². The first kappa shape index (κ1) is 50.4. The molecular formula is C42H71O10P. The van der Waals surface area contributed by atoms with Crippen molar-refractivity contribution in [1.82, 2.24) is 0 Å². The molecule has 0 fully saturated rings. The maximum absolute atomic E-state index is 12.3. The summed E-state index contributed by atoms with van der Waals surface area (Å²) in [6.45, 7) is 1.97. The zero-order valence-corrected chi connectivity index (χ0v) is 33.6. The Kier molecular flexibility index (Phi) is 35.9. The Hall–Kier alpha value is -2.59. The standard InChI is InChI=1S/C42H71O10P/c1-3-5-7-9-11-13-15-16-17-18-19-20-21-22-24-26-28-30-32-34-42(46)52-40(36-44)38-50-53(47,48)49-37-39(35-43)51-41(45)33-31-29-27-25-23-14-12-10-8-6-4-2/h5,7,11,13,16-17,19-20,22,24,28,30,39-40,43-44H,3-4,6,8-10,12,14-15,18,21,23,25-27,29,31-38H2,1-2H3,(H,47,48)/b7-5-,13-11-,17-16-,20-19-,24-22-,30-28-. The quantitative estimate of drug-likeness (QED) is 0.0243. The number of hydrogen-bond acceptors (Lipinski definition) is 9. The second kappa shape index (κ2) is 37.7. The van der Waals surface area contributed by atoms with Crippen molar-refractivity contribution in [3.63, 3.8) is 0 Å². The lowest BCUT2D eigenvalue weighted by atomic mass is 10.1. The number of rotatable bonds is 36. The normalized spacial score (nSPS) is 14.7. The second-order valence-corrected chi connectivity index (χ2v) is 14.3. The third-order valence-electron chi connectivity index (χ3n) is 7.95. The van der Waals surface area contributed by atoms with Crippen LogP contribution in [0.4, 0.5) is 0 Å². The van der Waals surface area contributed by atoms with E-state index in [0.717, 1.165) is 57.8 Å². The molecule has 0 saturated heterocycles. The third kappa shape index (κ3) is 36.2. The summed E-state index contributed by atoms with van der Waals surface area (Å²) in [4.78, 5) is 34.3. The van der Waals surface area contributed by atoms with Crippen LogP contribution in [0.2, 0.25) is 0 Å². The van der Waals surface area contributed by atoms with E-state index in [1.165, 1.54) is 44.9 Å². The number of phosphoric acid groups is 1. The van der Waals surface area contributed by atoms with Gasteiger partial charge in [0.15, 0.2) is 0 Å². The van der Waals surface area contributed by atoms with E-state index < -0.39 is 58.4 Å². The fourth-order valence-corrected chi connectivity index (χ4v) is 5.69. The number of phosphoric ester groups is 1. The number of unbranched alkanes of at least 4 members (excludes halogenated alkanes) is 10. The molecule has 0 bridgehead atoms. The van der Waals surface area contributed by atoms with Crippen molar-refractivity contribution in [1.29, 1.82) is 0 Å². The summed E-state index contributed by atoms with van der Waals surface area (Å²) in [7, 11) is -4.65. The van der Waals surface area contributed by atoms with Gasteiger partial charge in [-0.2, -0.15) is 0 Å². The first-order valence-electron chi connectivity index (χ1n) is 19.9. The zero-order chi connectivity index (χ0) is 39.1. The molecule has 0 aromatic heterocycles. The van der Waals surface area contributed by atoms with Crippen molar-refractivity contribution in [3.05, 3.63) is 72.9 Å². The fraction of sp³-hybridized carbons (Fsp3) is 0.667. The molecule has 53 heavy (non-hydrogen) atoms. The van der Waals surface area contributed by atoms with Crippen molar-refractivity contribution in [2.24, 2.45) is 0 Å². The van der Waals surface area contributed by atoms with E-state index in [-0.39, 0.29) is 12.8 Å². The summed E-state index contributed by atoms with van der Waals surface area (Å²) in [5.74, 6) is -1.11. The van der Waals surface area contributed by atoms with Crippen LogP contribution in [0.3, 0.4) is 0 Å². The molecule has 0 rings (SSSR count). The lowest BCUT2D eigenvalue weighted by molar-refractivity contribution is -0.153. The molecule has 10 nitrogen and oxygen atoms in total. The lowest BCUT2D eigenvalue weighted by Gasteiger charge is -2.20. The molecule has 0 heterocycles. The van der Waals surface area contributed by atoms with Crippen molar-refractivity contribution in [3.8, 4) is 0 Å². The summed E-state index contributed by atoms with van der Waals surface area (Å²) < 4.78 is 32.4. The number of aliphatic hydroxyl groups is 2. The van der Waals surface area contributed by atoms with Gasteiger partial charge in [-0.25, -0.2) is 4.57 Å². The molecule has 0 aliphatic rings. The number of carbonyl (C=O) groups excluding carboxylic acids is 2. The van der Waals surface area contributed by atoms with Crippen LogP contribution in [-0.2, 0) is 32.7 Å². The van der Waals surface area contributed by atoms with Gasteiger partial charge >= 0.3 is 19.8 Å². The topological polar surface area (TPSA) is 149 Å². The summed E-state index contributed by atoms with van der Waals surface area (Å²) in [5, 5.41) is 19.1. The molecule has 0 amide bonds. The second-order valence-electron chi connectivity index (χ2n) is 12.9. The van der Waals surface area contributed by atoms with Crippen molar-refractivity contribution in [2.45, 2.75) is 154 Å². The van der Waals surface area contributed by atoms with E-state index in [1.54, 1.807) is 0 Å². The van der Waals surface area contributed by atoms with E-state index in [0.29, 0.717) is 12.8 Å². The van der Waals surface area contributed by atoms with Crippen LogP contribution in [-0.4, -0.2) is 65.7 Å². The summed E-state index contributed by atoms with van der Waals surface area (Å²) in [5.41, 5.74) is 0. The molecular weight excluding hydrogens is 695 g/mol. The Morgan fingerprint density at radius 1 is 0.528 bits per heavy atom. The number of esters is 2. The highest BCUT2D eigenvalue weighted by atomic mass is 31.2. The minimum atomic E-state index is -4.65. The van der Waals surface area contributed by atoms with Gasteiger partial charge in [0, 0.05) is 12.8 Å². The van der Waals surface area contributed by atoms with E-state index in [9.17, 15) is 29.3 Å². The maximum Gasteiger partial charge on any atom is 0.472 e. The van der Waals surface area contributed by atoms with Crippen LogP contribution in [0.1, 0.15) is 142 Å². The molecule has 3 atom stereocenters. The Labute approximate surface area is 320 Å². The maximum atomic E-state index is 12.3. The van der Waals surface area contributed by atoms with Gasteiger partial charge < -0.3 is 24.6 Å². The minimum Gasteiger partial charge on any atom is -0.457 e. The highest BCUT2D eigenvalue weighted by Crippen LogP contribution is 2.43. The van der Waals surface area contributed by atoms with Gasteiger partial charge in [0.05, 0.1) is 26.4 Å². The summed E-state index contributed by atoms with van der Waals surface area (Å²) >= 11 is 0. The van der Waals surface area contributed by atoms with E-state index in [4.69, 9.17) is 18.5 Å². The average molecular weight is 767 g/mol. The molecule has 0 radical (unpaired) electrons. The Morgan fingerprint density at radius 3 is 1.28 bits per heavy atom. The van der Waals surface area contributed by atoms with Crippen LogP contribution >= 0.6 is 7.82 Å². The molecule has 0 aromatic carbocycles. The fourth-order valence-electron chi connectivity index (χ4n) is 4.90. The van der Waals surface area contributed by atoms with Crippen molar-refractivity contribution >= 4 is 19.8 Å². The molecule has 0 spiro atoms. The van der Waals surface area contributed by atoms with Crippen molar-refractivity contribution in [2.75, 3.05) is 26.4 Å². The number of aliphatic hydroxyl groups excluding tert-OH is 2. The number of allylic oxidation sites excluding steroid dienone is 12. The van der Waals surface area contributed by atoms with Crippen LogP contribution in [0.25, 0.3) is 0 Å².